The van der Waals surface area contributed by atoms with Crippen molar-refractivity contribution in [3.63, 3.8) is 0 Å². The van der Waals surface area contributed by atoms with Crippen LogP contribution in [0.4, 0.5) is 26.3 Å². The van der Waals surface area contributed by atoms with Crippen molar-refractivity contribution < 1.29 is 74.4 Å². The van der Waals surface area contributed by atoms with Crippen molar-refractivity contribution in [3.05, 3.63) is 107 Å². The van der Waals surface area contributed by atoms with Gasteiger partial charge < -0.3 is 30.0 Å². The molecule has 0 unspecified atom stereocenters. The molecule has 65 heavy (non-hydrogen) atoms. The number of carbonyl (C=O) groups is 6. The molecule has 3 aromatic rings. The first kappa shape index (κ1) is 55.2. The predicted molar refractivity (Wildman–Crippen MR) is 227 cm³/mol. The molecule has 0 saturated heterocycles. The number of ether oxygens (including phenoxy) is 3. The van der Waals surface area contributed by atoms with Gasteiger partial charge in [-0.1, -0.05) is 54.6 Å². The summed E-state index contributed by atoms with van der Waals surface area (Å²) < 4.78 is 92.2. The molecular weight excluding hydrogens is 867 g/mol. The number of alkyl halides is 6. The van der Waals surface area contributed by atoms with Gasteiger partial charge in [-0.25, -0.2) is 4.79 Å². The van der Waals surface area contributed by atoms with Crippen LogP contribution in [0.3, 0.4) is 0 Å². The molecule has 12 nitrogen and oxygen atoms in total. The van der Waals surface area contributed by atoms with Crippen molar-refractivity contribution in [3.8, 4) is 0 Å². The van der Waals surface area contributed by atoms with Crippen LogP contribution < -0.4 is 10.6 Å². The van der Waals surface area contributed by atoms with E-state index in [1.807, 2.05) is 18.2 Å². The van der Waals surface area contributed by atoms with E-state index < -0.39 is 94.3 Å². The van der Waals surface area contributed by atoms with E-state index in [4.69, 9.17) is 19.3 Å². The maximum Gasteiger partial charge on any atom is 0.416 e. The Morgan fingerprint density at radius 3 is 1.26 bits per heavy atom. The number of nitrogens with one attached hydrogen (secondary N) is 2. The Morgan fingerprint density at radius 1 is 0.554 bits per heavy atom. The van der Waals surface area contributed by atoms with Gasteiger partial charge in [0.25, 0.3) is 0 Å². The summed E-state index contributed by atoms with van der Waals surface area (Å²) in [6.45, 7) is 13.0. The summed E-state index contributed by atoms with van der Waals surface area (Å²) in [5.41, 5.74) is -1.10. The Bertz CT molecular complexity index is 2030. The van der Waals surface area contributed by atoms with E-state index in [0.29, 0.717) is 11.1 Å². The monoisotopic (exact) mass is 924 g/mol. The van der Waals surface area contributed by atoms with Crippen LogP contribution in [0.25, 0.3) is 0 Å². The SMILES string of the molecule is C[C@H](NC(=O)[C@@H](CCc1ccc(C(F)(F)F)cc1)CC(=O)OC(C)(C)C)C(=O)O.C[C@H](NC(=O)[C@@H](CCc1ccc(C(F)(F)F)cc1)CC(=O)OC(C)(C)C)C(=O)OCc1ccccc1. The third-order valence-corrected chi connectivity index (χ3v) is 9.20. The summed E-state index contributed by atoms with van der Waals surface area (Å²) in [6, 6.07) is 16.1. The van der Waals surface area contributed by atoms with E-state index >= 15 is 0 Å². The van der Waals surface area contributed by atoms with Gasteiger partial charge >= 0.3 is 36.2 Å². The number of hydrogen-bond acceptors (Lipinski definition) is 9. The lowest BCUT2D eigenvalue weighted by molar-refractivity contribution is -0.158. The van der Waals surface area contributed by atoms with Crippen molar-refractivity contribution in [2.24, 2.45) is 11.8 Å². The molecule has 0 spiro atoms. The van der Waals surface area contributed by atoms with Crippen molar-refractivity contribution in [1.29, 1.82) is 0 Å². The maximum absolute atomic E-state index is 13.0. The van der Waals surface area contributed by atoms with Gasteiger partial charge in [0, 0.05) is 11.8 Å². The molecule has 0 aliphatic rings. The molecule has 0 aliphatic heterocycles. The zero-order chi connectivity index (χ0) is 49.3. The Hall–Kier alpha value is -5.94. The molecular formula is C47H58F6N2O10. The quantitative estimate of drug-likeness (QED) is 0.0636. The number of amides is 2. The van der Waals surface area contributed by atoms with Crippen LogP contribution in [0.5, 0.6) is 0 Å². The lowest BCUT2D eigenvalue weighted by Crippen LogP contribution is -2.43. The Labute approximate surface area is 374 Å². The first-order valence-electron chi connectivity index (χ1n) is 20.7. The molecule has 0 fully saturated rings. The van der Waals surface area contributed by atoms with Crippen LogP contribution in [0.15, 0.2) is 78.9 Å². The first-order chi connectivity index (χ1) is 29.9. The Morgan fingerprint density at radius 2 is 0.923 bits per heavy atom. The molecule has 4 atom stereocenters. The summed E-state index contributed by atoms with van der Waals surface area (Å²) in [6.07, 6.45) is -8.59. The third-order valence-electron chi connectivity index (χ3n) is 9.20. The Kier molecular flexibility index (Phi) is 20.7. The number of carboxylic acids is 1. The zero-order valence-corrected chi connectivity index (χ0v) is 37.7. The van der Waals surface area contributed by atoms with Crippen LogP contribution in [-0.4, -0.2) is 64.1 Å². The third kappa shape index (κ3) is 22.0. The van der Waals surface area contributed by atoms with Crippen molar-refractivity contribution in [2.45, 2.75) is 136 Å². The summed E-state index contributed by atoms with van der Waals surface area (Å²) in [7, 11) is 0. The van der Waals surface area contributed by atoms with E-state index in [-0.39, 0.29) is 45.1 Å². The molecule has 0 saturated carbocycles. The minimum Gasteiger partial charge on any atom is -0.480 e. The highest BCUT2D eigenvalue weighted by Gasteiger charge is 2.32. The van der Waals surface area contributed by atoms with Gasteiger partial charge in [0.15, 0.2) is 0 Å². The van der Waals surface area contributed by atoms with Crippen LogP contribution in [0.1, 0.15) is 109 Å². The molecule has 3 rings (SSSR count). The largest absolute Gasteiger partial charge is 0.480 e. The average Bonchev–Trinajstić information content (AvgIpc) is 3.18. The van der Waals surface area contributed by atoms with Crippen molar-refractivity contribution >= 4 is 35.7 Å². The predicted octanol–water partition coefficient (Wildman–Crippen LogP) is 8.81. The number of halogens is 6. The second kappa shape index (κ2) is 24.4. The van der Waals surface area contributed by atoms with Gasteiger partial charge in [0.1, 0.15) is 29.9 Å². The van der Waals surface area contributed by atoms with E-state index in [0.717, 1.165) is 29.8 Å². The fourth-order valence-corrected chi connectivity index (χ4v) is 5.86. The number of hydrogen-bond donors (Lipinski definition) is 3. The molecule has 3 aromatic carbocycles. The lowest BCUT2D eigenvalue weighted by Gasteiger charge is -2.23. The molecule has 0 aliphatic carbocycles. The Balaban J connectivity index is 0.000000458. The highest BCUT2D eigenvalue weighted by Crippen LogP contribution is 2.31. The molecule has 0 heterocycles. The lowest BCUT2D eigenvalue weighted by atomic mass is 9.94. The number of esters is 3. The molecule has 18 heteroatoms. The second-order valence-electron chi connectivity index (χ2n) is 17.3. The van der Waals surface area contributed by atoms with Gasteiger partial charge in [-0.2, -0.15) is 26.3 Å². The van der Waals surface area contributed by atoms with Gasteiger partial charge in [-0.3, -0.25) is 24.0 Å². The normalized spacial score (nSPS) is 13.7. The fraction of sp³-hybridized carbons (Fsp3) is 0.489. The van der Waals surface area contributed by atoms with Crippen LogP contribution >= 0.6 is 0 Å². The number of benzene rings is 3. The molecule has 2 amide bonds. The smallest absolute Gasteiger partial charge is 0.416 e. The number of carbonyl (C=O) groups excluding carboxylic acids is 5. The van der Waals surface area contributed by atoms with Crippen molar-refractivity contribution in [2.75, 3.05) is 0 Å². The van der Waals surface area contributed by atoms with E-state index in [1.165, 1.54) is 38.1 Å². The summed E-state index contributed by atoms with van der Waals surface area (Å²) in [5, 5.41) is 13.8. The summed E-state index contributed by atoms with van der Waals surface area (Å²) in [4.78, 5) is 73.2. The highest BCUT2D eigenvalue weighted by molar-refractivity contribution is 5.88. The van der Waals surface area contributed by atoms with Crippen LogP contribution in [0.2, 0.25) is 0 Å². The standard InChI is InChI=1S/C27H32F3NO5.C20H26F3NO5/c1-18(25(34)35-17-20-8-6-5-7-9-20)31-24(33)21(16-23(32)36-26(2,3)4)13-10-19-11-14-22(15-12-19)27(28,29)30;1-12(18(27)28)24-17(26)14(11-16(25)29-19(2,3)4)8-5-13-6-9-15(10-7-13)20(21,22)23/h5-9,11-12,14-15,18,21H,10,13,16-17H2,1-4H3,(H,31,33);6-7,9-10,12,14H,5,8,11H2,1-4H3,(H,24,26)(H,27,28)/t18-,21-;12-,14-/m00/s1. The zero-order valence-electron chi connectivity index (χ0n) is 37.7. The summed E-state index contributed by atoms with van der Waals surface area (Å²) in [5.74, 6) is -5.97. The molecule has 0 radical (unpaired) electrons. The maximum atomic E-state index is 13.0. The van der Waals surface area contributed by atoms with Gasteiger partial charge in [-0.15, -0.1) is 0 Å². The van der Waals surface area contributed by atoms with Crippen LogP contribution in [-0.2, 0) is 74.8 Å². The van der Waals surface area contributed by atoms with E-state index in [9.17, 15) is 55.1 Å². The van der Waals surface area contributed by atoms with Gasteiger partial charge in [0.2, 0.25) is 11.8 Å². The molecule has 0 bridgehead atoms. The summed E-state index contributed by atoms with van der Waals surface area (Å²) >= 11 is 0. The molecule has 0 aromatic heterocycles. The average molecular weight is 925 g/mol. The number of carboxylic acid groups (broad SMARTS) is 1. The minimum absolute atomic E-state index is 0.0507. The molecule has 358 valence electrons. The van der Waals surface area contributed by atoms with Gasteiger partial charge in [0.05, 0.1) is 24.0 Å². The fourth-order valence-electron chi connectivity index (χ4n) is 5.86. The number of rotatable bonds is 18. The first-order valence-corrected chi connectivity index (χ1v) is 20.7. The minimum atomic E-state index is -4.44. The number of aryl methyl sites for hydroxylation is 2. The molecule has 3 N–H and O–H groups in total. The van der Waals surface area contributed by atoms with E-state index in [2.05, 4.69) is 10.6 Å². The topological polar surface area (TPSA) is 174 Å². The van der Waals surface area contributed by atoms with E-state index in [1.54, 1.807) is 53.7 Å². The van der Waals surface area contributed by atoms with Crippen molar-refractivity contribution in [1.82, 2.24) is 10.6 Å². The highest BCUT2D eigenvalue weighted by atomic mass is 19.4. The van der Waals surface area contributed by atoms with Crippen LogP contribution in [0, 0.1) is 11.8 Å². The number of aliphatic carboxylic acids is 1. The van der Waals surface area contributed by atoms with Gasteiger partial charge in [-0.05, 0) is 122 Å². The second-order valence-corrected chi connectivity index (χ2v) is 17.3.